The topological polar surface area (TPSA) is 77.9 Å². The number of carboxylic acid groups (broad SMARTS) is 1. The molecule has 6 nitrogen and oxygen atoms in total. The summed E-state index contributed by atoms with van der Waals surface area (Å²) in [5, 5.41) is 8.78. The Bertz CT molecular complexity index is 390. The standard InChI is InChI=1S/C9H10F2N2O4/c10-9(11)3-12(4-9)7(15)6-1-5(14)2-13(6)8(16)17/h6H,1-4H2,(H,16,17)/t6-/m0/s1. The van der Waals surface area contributed by atoms with Crippen molar-refractivity contribution < 1.29 is 28.3 Å². The van der Waals surface area contributed by atoms with E-state index in [-0.39, 0.29) is 18.7 Å². The molecule has 2 saturated heterocycles. The van der Waals surface area contributed by atoms with E-state index in [1.165, 1.54) is 0 Å². The summed E-state index contributed by atoms with van der Waals surface area (Å²) >= 11 is 0. The van der Waals surface area contributed by atoms with Crippen molar-refractivity contribution in [3.05, 3.63) is 0 Å². The zero-order valence-corrected chi connectivity index (χ0v) is 8.73. The smallest absolute Gasteiger partial charge is 0.408 e. The molecule has 2 aliphatic heterocycles. The monoisotopic (exact) mass is 248 g/mol. The number of ketones is 1. The van der Waals surface area contributed by atoms with Crippen molar-refractivity contribution >= 4 is 17.8 Å². The van der Waals surface area contributed by atoms with Crippen molar-refractivity contribution in [2.24, 2.45) is 0 Å². The van der Waals surface area contributed by atoms with E-state index >= 15 is 0 Å². The summed E-state index contributed by atoms with van der Waals surface area (Å²) in [5.41, 5.74) is 0. The molecule has 17 heavy (non-hydrogen) atoms. The molecule has 0 aliphatic carbocycles. The normalized spacial score (nSPS) is 26.9. The molecule has 0 radical (unpaired) electrons. The van der Waals surface area contributed by atoms with E-state index in [2.05, 4.69) is 0 Å². The summed E-state index contributed by atoms with van der Waals surface area (Å²) in [7, 11) is 0. The van der Waals surface area contributed by atoms with Gasteiger partial charge in [-0.25, -0.2) is 13.6 Å². The molecule has 2 heterocycles. The van der Waals surface area contributed by atoms with Crippen molar-refractivity contribution in [3.63, 3.8) is 0 Å². The average Bonchev–Trinajstić information content (AvgIpc) is 2.55. The second kappa shape index (κ2) is 3.64. The number of carbonyl (C=O) groups is 3. The summed E-state index contributed by atoms with van der Waals surface area (Å²) < 4.78 is 25.2. The molecular weight excluding hydrogens is 238 g/mol. The lowest BCUT2D eigenvalue weighted by Gasteiger charge is -2.40. The number of halogens is 2. The molecule has 94 valence electrons. The van der Waals surface area contributed by atoms with Gasteiger partial charge in [-0.05, 0) is 0 Å². The number of hydrogen-bond acceptors (Lipinski definition) is 3. The van der Waals surface area contributed by atoms with E-state index in [0.717, 1.165) is 4.90 Å². The van der Waals surface area contributed by atoms with Gasteiger partial charge in [0.05, 0.1) is 19.6 Å². The van der Waals surface area contributed by atoms with Crippen LogP contribution in [0.2, 0.25) is 0 Å². The highest BCUT2D eigenvalue weighted by molar-refractivity contribution is 5.97. The summed E-state index contributed by atoms with van der Waals surface area (Å²) in [6, 6.07) is -1.14. The van der Waals surface area contributed by atoms with Crippen molar-refractivity contribution in [2.45, 2.75) is 18.4 Å². The third-order valence-electron chi connectivity index (χ3n) is 2.83. The Kier molecular flexibility index (Phi) is 2.52. The van der Waals surface area contributed by atoms with Gasteiger partial charge in [0, 0.05) is 6.42 Å². The fourth-order valence-corrected chi connectivity index (χ4v) is 1.99. The lowest BCUT2D eigenvalue weighted by atomic mass is 10.1. The van der Waals surface area contributed by atoms with E-state index in [9.17, 15) is 23.2 Å². The van der Waals surface area contributed by atoms with Gasteiger partial charge in [0.25, 0.3) is 5.92 Å². The average molecular weight is 248 g/mol. The van der Waals surface area contributed by atoms with E-state index in [1.807, 2.05) is 0 Å². The lowest BCUT2D eigenvalue weighted by molar-refractivity contribution is -0.169. The van der Waals surface area contributed by atoms with Crippen LogP contribution in [0.4, 0.5) is 13.6 Å². The minimum atomic E-state index is -2.90. The molecule has 2 fully saturated rings. The molecule has 0 aromatic heterocycles. The Morgan fingerprint density at radius 1 is 1.35 bits per heavy atom. The van der Waals surface area contributed by atoms with Gasteiger partial charge in [0.1, 0.15) is 6.04 Å². The van der Waals surface area contributed by atoms with Crippen molar-refractivity contribution in [1.82, 2.24) is 9.80 Å². The summed E-state index contributed by atoms with van der Waals surface area (Å²) in [4.78, 5) is 35.2. The fraction of sp³-hybridized carbons (Fsp3) is 0.667. The van der Waals surface area contributed by atoms with E-state index in [1.54, 1.807) is 0 Å². The van der Waals surface area contributed by atoms with Crippen LogP contribution in [-0.4, -0.2) is 64.3 Å². The van der Waals surface area contributed by atoms with Crippen LogP contribution in [0.25, 0.3) is 0 Å². The molecule has 8 heteroatoms. The molecule has 0 aromatic carbocycles. The van der Waals surface area contributed by atoms with Crippen LogP contribution in [0.3, 0.4) is 0 Å². The van der Waals surface area contributed by atoms with Gasteiger partial charge in [-0.1, -0.05) is 0 Å². The Balaban J connectivity index is 2.04. The van der Waals surface area contributed by atoms with Gasteiger partial charge in [0.15, 0.2) is 5.78 Å². The van der Waals surface area contributed by atoms with E-state index in [4.69, 9.17) is 5.11 Å². The van der Waals surface area contributed by atoms with Crippen molar-refractivity contribution in [2.75, 3.05) is 19.6 Å². The third-order valence-corrected chi connectivity index (χ3v) is 2.83. The molecule has 0 aromatic rings. The number of Topliss-reactive ketones (excluding diaryl/α,β-unsaturated/α-hetero) is 1. The van der Waals surface area contributed by atoms with Gasteiger partial charge >= 0.3 is 6.09 Å². The van der Waals surface area contributed by atoms with E-state index < -0.39 is 37.1 Å². The van der Waals surface area contributed by atoms with Crippen LogP contribution >= 0.6 is 0 Å². The highest BCUT2D eigenvalue weighted by Gasteiger charge is 2.50. The first kappa shape index (κ1) is 11.7. The number of likely N-dealkylation sites (tertiary alicyclic amines) is 2. The van der Waals surface area contributed by atoms with E-state index in [0.29, 0.717) is 4.90 Å². The van der Waals surface area contributed by atoms with Gasteiger partial charge in [-0.3, -0.25) is 14.5 Å². The van der Waals surface area contributed by atoms with Crippen LogP contribution in [0.5, 0.6) is 0 Å². The Morgan fingerprint density at radius 3 is 2.41 bits per heavy atom. The van der Waals surface area contributed by atoms with Crippen molar-refractivity contribution in [3.8, 4) is 0 Å². The Hall–Kier alpha value is -1.73. The maximum absolute atomic E-state index is 12.6. The summed E-state index contributed by atoms with van der Waals surface area (Å²) in [5.74, 6) is -3.99. The first-order valence-corrected chi connectivity index (χ1v) is 4.98. The maximum Gasteiger partial charge on any atom is 0.408 e. The number of alkyl halides is 2. The predicted molar refractivity (Wildman–Crippen MR) is 49.7 cm³/mol. The molecule has 1 N–H and O–H groups in total. The molecule has 1 atom stereocenters. The number of rotatable bonds is 1. The zero-order chi connectivity index (χ0) is 12.8. The zero-order valence-electron chi connectivity index (χ0n) is 8.73. The van der Waals surface area contributed by atoms with Gasteiger partial charge in [-0.15, -0.1) is 0 Å². The number of carbonyl (C=O) groups excluding carboxylic acids is 2. The molecule has 0 bridgehead atoms. The third kappa shape index (κ3) is 2.06. The first-order valence-electron chi connectivity index (χ1n) is 4.98. The van der Waals surface area contributed by atoms with Crippen molar-refractivity contribution in [1.29, 1.82) is 0 Å². The Morgan fingerprint density at radius 2 is 1.94 bits per heavy atom. The molecule has 0 saturated carbocycles. The first-order chi connectivity index (χ1) is 7.80. The van der Waals surface area contributed by atoms with Crippen LogP contribution in [-0.2, 0) is 9.59 Å². The minimum Gasteiger partial charge on any atom is -0.465 e. The molecular formula is C9H10F2N2O4. The second-order valence-corrected chi connectivity index (χ2v) is 4.22. The van der Waals surface area contributed by atoms with Gasteiger partial charge < -0.3 is 10.0 Å². The lowest BCUT2D eigenvalue weighted by Crippen LogP contribution is -2.62. The predicted octanol–water partition coefficient (Wildman–Crippen LogP) is -0.215. The second-order valence-electron chi connectivity index (χ2n) is 4.22. The minimum absolute atomic E-state index is 0.229. The molecule has 2 amide bonds. The highest BCUT2D eigenvalue weighted by atomic mass is 19.3. The number of nitrogens with zero attached hydrogens (tertiary/aromatic N) is 2. The summed E-state index contributed by atoms with van der Waals surface area (Å²) in [6.45, 7) is -1.76. The Labute approximate surface area is 94.8 Å². The van der Waals surface area contributed by atoms with Gasteiger partial charge in [0.2, 0.25) is 5.91 Å². The fourth-order valence-electron chi connectivity index (χ4n) is 1.99. The molecule has 2 aliphatic rings. The van der Waals surface area contributed by atoms with Crippen LogP contribution in [0, 0.1) is 0 Å². The number of hydrogen-bond donors (Lipinski definition) is 1. The molecule has 0 spiro atoms. The van der Waals surface area contributed by atoms with Crippen LogP contribution in [0.15, 0.2) is 0 Å². The summed E-state index contributed by atoms with van der Waals surface area (Å²) in [6.07, 6.45) is -1.62. The molecule has 2 rings (SSSR count). The van der Waals surface area contributed by atoms with Gasteiger partial charge in [-0.2, -0.15) is 0 Å². The highest BCUT2D eigenvalue weighted by Crippen LogP contribution is 2.29. The number of amides is 2. The molecule has 0 unspecified atom stereocenters. The largest absolute Gasteiger partial charge is 0.465 e. The maximum atomic E-state index is 12.6. The SMILES string of the molecule is O=C1C[C@@H](C(=O)N2CC(F)(F)C2)N(C(=O)O)C1. The van der Waals surface area contributed by atoms with Crippen LogP contribution < -0.4 is 0 Å². The quantitative estimate of drug-likeness (QED) is 0.696. The van der Waals surface area contributed by atoms with Crippen LogP contribution in [0.1, 0.15) is 6.42 Å².